The van der Waals surface area contributed by atoms with Gasteiger partial charge in [0, 0.05) is 30.6 Å². The number of nitrogens with zero attached hydrogens (tertiary/aromatic N) is 5. The van der Waals surface area contributed by atoms with Gasteiger partial charge in [0.05, 0.1) is 17.4 Å². The number of alkyl halides is 6. The summed E-state index contributed by atoms with van der Waals surface area (Å²) in [6.45, 7) is 1.66. The van der Waals surface area contributed by atoms with Crippen molar-refractivity contribution < 1.29 is 31.1 Å². The van der Waals surface area contributed by atoms with Gasteiger partial charge in [-0.15, -0.1) is 0 Å². The van der Waals surface area contributed by atoms with Crippen LogP contribution in [0.3, 0.4) is 0 Å². The van der Waals surface area contributed by atoms with Crippen molar-refractivity contribution in [2.45, 2.75) is 44.6 Å². The Labute approximate surface area is 183 Å². The number of pyridine rings is 1. The molecule has 0 fully saturated rings. The number of aromatic nitrogens is 5. The van der Waals surface area contributed by atoms with Crippen LogP contribution in [0.2, 0.25) is 0 Å². The van der Waals surface area contributed by atoms with E-state index in [1.54, 1.807) is 6.92 Å². The lowest BCUT2D eigenvalue weighted by Crippen LogP contribution is -2.32. The van der Waals surface area contributed by atoms with E-state index in [0.717, 1.165) is 16.9 Å². The first-order valence-corrected chi connectivity index (χ1v) is 9.90. The van der Waals surface area contributed by atoms with Gasteiger partial charge in [-0.2, -0.15) is 36.5 Å². The van der Waals surface area contributed by atoms with Crippen LogP contribution < -0.4 is 5.32 Å². The highest BCUT2D eigenvalue weighted by Crippen LogP contribution is 2.35. The van der Waals surface area contributed by atoms with Crippen molar-refractivity contribution in [1.82, 2.24) is 29.9 Å². The standard InChI is InChI=1S/C20H18F6N6O/c1-10-17-12(28-18(33)14-9-16(20(24,25)26)30-31(14)2)4-3-5-13(17)29-32(10)11-6-7-27-15(8-11)19(21,22)23/h6-9,12H,3-5H2,1-2H3,(H,28,33)/t12-/m0/s1. The molecule has 1 aliphatic rings. The van der Waals surface area contributed by atoms with Gasteiger partial charge < -0.3 is 5.32 Å². The normalized spacial score (nSPS) is 16.5. The van der Waals surface area contributed by atoms with E-state index in [1.807, 2.05) is 0 Å². The van der Waals surface area contributed by atoms with Gasteiger partial charge in [0.15, 0.2) is 5.69 Å². The highest BCUT2D eigenvalue weighted by Gasteiger charge is 2.36. The molecule has 3 aromatic heterocycles. The largest absolute Gasteiger partial charge is 0.435 e. The summed E-state index contributed by atoms with van der Waals surface area (Å²) < 4.78 is 80.2. The third-order valence-corrected chi connectivity index (χ3v) is 5.48. The van der Waals surface area contributed by atoms with Gasteiger partial charge in [-0.05, 0) is 38.3 Å². The number of nitrogens with one attached hydrogen (secondary N) is 1. The molecule has 1 atom stereocenters. The molecular formula is C20H18F6N6O. The molecule has 7 nitrogen and oxygen atoms in total. The molecule has 1 amide bonds. The molecule has 0 saturated carbocycles. The summed E-state index contributed by atoms with van der Waals surface area (Å²) in [4.78, 5) is 16.1. The van der Waals surface area contributed by atoms with Crippen LogP contribution in [0.25, 0.3) is 5.69 Å². The number of rotatable bonds is 3. The van der Waals surface area contributed by atoms with Crippen molar-refractivity contribution in [3.05, 3.63) is 58.4 Å². The molecule has 1 N–H and O–H groups in total. The zero-order valence-corrected chi connectivity index (χ0v) is 17.4. The second-order valence-electron chi connectivity index (χ2n) is 7.71. The SMILES string of the molecule is Cc1c2c(nn1-c1ccnc(C(F)(F)F)c1)CCC[C@@H]2NC(=O)c1cc(C(F)(F)F)nn1C. The maximum Gasteiger partial charge on any atom is 0.435 e. The first kappa shape index (κ1) is 22.8. The van der Waals surface area contributed by atoms with E-state index in [-0.39, 0.29) is 11.4 Å². The van der Waals surface area contributed by atoms with Crippen LogP contribution in [0.5, 0.6) is 0 Å². The van der Waals surface area contributed by atoms with Crippen molar-refractivity contribution in [2.75, 3.05) is 0 Å². The van der Waals surface area contributed by atoms with Crippen LogP contribution in [0.15, 0.2) is 24.4 Å². The minimum Gasteiger partial charge on any atom is -0.344 e. The molecule has 3 heterocycles. The van der Waals surface area contributed by atoms with Crippen molar-refractivity contribution in [2.24, 2.45) is 7.05 Å². The molecule has 0 radical (unpaired) electrons. The van der Waals surface area contributed by atoms with Crippen LogP contribution in [-0.2, 0) is 25.8 Å². The Bertz CT molecular complexity index is 1210. The molecule has 4 rings (SSSR count). The minimum atomic E-state index is -4.69. The van der Waals surface area contributed by atoms with Gasteiger partial charge in [-0.1, -0.05) is 0 Å². The fourth-order valence-corrected chi connectivity index (χ4v) is 3.98. The second-order valence-corrected chi connectivity index (χ2v) is 7.71. The summed E-state index contributed by atoms with van der Waals surface area (Å²) in [7, 11) is 1.24. The van der Waals surface area contributed by atoms with Crippen molar-refractivity contribution in [1.29, 1.82) is 0 Å². The Balaban J connectivity index is 1.65. The second kappa shape index (κ2) is 7.89. The Morgan fingerprint density at radius 1 is 1.09 bits per heavy atom. The summed E-state index contributed by atoms with van der Waals surface area (Å²) in [5, 5.41) is 10.5. The molecule has 0 bridgehead atoms. The Morgan fingerprint density at radius 2 is 1.79 bits per heavy atom. The predicted molar refractivity (Wildman–Crippen MR) is 102 cm³/mol. The molecule has 0 spiro atoms. The van der Waals surface area contributed by atoms with Crippen molar-refractivity contribution >= 4 is 5.91 Å². The molecule has 0 unspecified atom stereocenters. The van der Waals surface area contributed by atoms with Crippen LogP contribution in [-0.4, -0.2) is 30.5 Å². The van der Waals surface area contributed by atoms with E-state index in [0.29, 0.717) is 42.3 Å². The van der Waals surface area contributed by atoms with Crippen LogP contribution in [0.1, 0.15) is 57.7 Å². The van der Waals surface area contributed by atoms with Crippen LogP contribution in [0.4, 0.5) is 26.3 Å². The average Bonchev–Trinajstić information content (AvgIpc) is 3.28. The summed E-state index contributed by atoms with van der Waals surface area (Å²) in [6, 6.07) is 2.38. The number of hydrogen-bond donors (Lipinski definition) is 1. The lowest BCUT2D eigenvalue weighted by molar-refractivity contribution is -0.142. The lowest BCUT2D eigenvalue weighted by atomic mass is 9.91. The fourth-order valence-electron chi connectivity index (χ4n) is 3.98. The average molecular weight is 472 g/mol. The van der Waals surface area contributed by atoms with Gasteiger partial charge in [0.25, 0.3) is 5.91 Å². The van der Waals surface area contributed by atoms with Crippen molar-refractivity contribution in [3.8, 4) is 5.69 Å². The van der Waals surface area contributed by atoms with Gasteiger partial charge >= 0.3 is 12.4 Å². The molecule has 3 aromatic rings. The summed E-state index contributed by atoms with van der Waals surface area (Å²) >= 11 is 0. The van der Waals surface area contributed by atoms with E-state index < -0.39 is 35.7 Å². The number of hydrogen-bond acceptors (Lipinski definition) is 4. The van der Waals surface area contributed by atoms with Crippen LogP contribution >= 0.6 is 0 Å². The smallest absolute Gasteiger partial charge is 0.344 e. The zero-order valence-electron chi connectivity index (χ0n) is 17.4. The number of carbonyl (C=O) groups excluding carboxylic acids is 1. The molecular weight excluding hydrogens is 454 g/mol. The summed E-state index contributed by atoms with van der Waals surface area (Å²) in [5.41, 5.74) is -0.570. The Morgan fingerprint density at radius 3 is 2.42 bits per heavy atom. The monoisotopic (exact) mass is 472 g/mol. The predicted octanol–water partition coefficient (Wildman–Crippen LogP) is 4.15. The van der Waals surface area contributed by atoms with Gasteiger partial charge in [-0.25, -0.2) is 4.68 Å². The topological polar surface area (TPSA) is 77.6 Å². The zero-order chi connectivity index (χ0) is 24.1. The number of carbonyl (C=O) groups is 1. The summed E-state index contributed by atoms with van der Waals surface area (Å²) in [5.74, 6) is -0.742. The number of halogens is 6. The molecule has 0 aromatic carbocycles. The Hall–Kier alpha value is -3.38. The highest BCUT2D eigenvalue weighted by atomic mass is 19.4. The maximum absolute atomic E-state index is 13.1. The molecule has 33 heavy (non-hydrogen) atoms. The molecule has 13 heteroatoms. The van der Waals surface area contributed by atoms with E-state index in [9.17, 15) is 31.1 Å². The Kier molecular flexibility index (Phi) is 5.45. The number of fused-ring (bicyclic) bond motifs is 1. The van der Waals surface area contributed by atoms with Crippen LogP contribution in [0, 0.1) is 6.92 Å². The first-order chi connectivity index (χ1) is 15.4. The number of aryl methyl sites for hydroxylation is 2. The third-order valence-electron chi connectivity index (χ3n) is 5.48. The molecule has 176 valence electrons. The molecule has 0 aliphatic heterocycles. The fraction of sp³-hybridized carbons (Fsp3) is 0.400. The van der Waals surface area contributed by atoms with Gasteiger partial charge in [0.2, 0.25) is 0 Å². The summed E-state index contributed by atoms with van der Waals surface area (Å²) in [6.07, 6.45) is -6.58. The first-order valence-electron chi connectivity index (χ1n) is 9.90. The third kappa shape index (κ3) is 4.31. The lowest BCUT2D eigenvalue weighted by Gasteiger charge is -2.23. The maximum atomic E-state index is 13.1. The number of amides is 1. The van der Waals surface area contributed by atoms with Crippen molar-refractivity contribution in [3.63, 3.8) is 0 Å². The van der Waals surface area contributed by atoms with E-state index >= 15 is 0 Å². The van der Waals surface area contributed by atoms with E-state index in [4.69, 9.17) is 0 Å². The quantitative estimate of drug-likeness (QED) is 0.581. The van der Waals surface area contributed by atoms with Gasteiger partial charge in [-0.3, -0.25) is 14.5 Å². The minimum absolute atomic E-state index is 0.163. The van der Waals surface area contributed by atoms with Gasteiger partial charge in [0.1, 0.15) is 11.4 Å². The van der Waals surface area contributed by atoms with E-state index in [1.165, 1.54) is 17.8 Å². The van der Waals surface area contributed by atoms with E-state index in [2.05, 4.69) is 20.5 Å². The molecule has 0 saturated heterocycles. The molecule has 1 aliphatic carbocycles. The highest BCUT2D eigenvalue weighted by molar-refractivity contribution is 5.93.